The van der Waals surface area contributed by atoms with Gasteiger partial charge < -0.3 is 10.1 Å². The van der Waals surface area contributed by atoms with E-state index in [1.807, 2.05) is 6.07 Å². The lowest BCUT2D eigenvalue weighted by Crippen LogP contribution is -2.11. The lowest BCUT2D eigenvalue weighted by Gasteiger charge is -2.09. The molecule has 1 heterocycles. The van der Waals surface area contributed by atoms with Gasteiger partial charge in [-0.3, -0.25) is 0 Å². The van der Waals surface area contributed by atoms with Crippen LogP contribution in [0.1, 0.15) is 43.0 Å². The third-order valence-corrected chi connectivity index (χ3v) is 4.83. The molecule has 0 unspecified atom stereocenters. The van der Waals surface area contributed by atoms with Crippen LogP contribution in [0.4, 0.5) is 0 Å². The maximum absolute atomic E-state index is 5.85. The van der Waals surface area contributed by atoms with Gasteiger partial charge in [0.1, 0.15) is 12.4 Å². The van der Waals surface area contributed by atoms with Crippen LogP contribution >= 0.6 is 27.3 Å². The largest absolute Gasteiger partial charge is 0.486 e. The summed E-state index contributed by atoms with van der Waals surface area (Å²) in [5.74, 6) is 1.33. The molecular weight excluding hydrogens is 348 g/mol. The number of halogens is 1. The zero-order valence-electron chi connectivity index (χ0n) is 12.6. The van der Waals surface area contributed by atoms with Crippen molar-refractivity contribution in [3.8, 4) is 5.75 Å². The van der Waals surface area contributed by atoms with E-state index in [1.54, 1.807) is 11.3 Å². The standard InChI is InChI=1S/C16H21BrN2OS/c1-4-18-8-12-5-6-15(14(17)7-12)20-9-13-10-21-16(19-13)11(2)3/h5-7,10-11,18H,4,8-9H2,1-3H3. The van der Waals surface area contributed by atoms with Crippen LogP contribution in [0, 0.1) is 0 Å². The van der Waals surface area contributed by atoms with Crippen molar-refractivity contribution in [2.75, 3.05) is 6.54 Å². The second-order valence-corrected chi connectivity index (χ2v) is 6.91. The van der Waals surface area contributed by atoms with Crippen LogP contribution in [0.15, 0.2) is 28.1 Å². The summed E-state index contributed by atoms with van der Waals surface area (Å²) in [6, 6.07) is 6.19. The molecular formula is C16H21BrN2OS. The number of benzene rings is 1. The number of nitrogens with zero attached hydrogens (tertiary/aromatic N) is 1. The van der Waals surface area contributed by atoms with Gasteiger partial charge >= 0.3 is 0 Å². The van der Waals surface area contributed by atoms with Crippen molar-refractivity contribution in [2.24, 2.45) is 0 Å². The molecule has 0 saturated heterocycles. The molecule has 0 amide bonds. The van der Waals surface area contributed by atoms with Crippen molar-refractivity contribution >= 4 is 27.3 Å². The Labute approximate surface area is 138 Å². The summed E-state index contributed by atoms with van der Waals surface area (Å²) < 4.78 is 6.84. The van der Waals surface area contributed by atoms with Crippen LogP contribution in [-0.2, 0) is 13.2 Å². The van der Waals surface area contributed by atoms with Crippen LogP contribution in [0.3, 0.4) is 0 Å². The van der Waals surface area contributed by atoms with E-state index in [4.69, 9.17) is 4.74 Å². The topological polar surface area (TPSA) is 34.1 Å². The predicted molar refractivity (Wildman–Crippen MR) is 92.1 cm³/mol. The molecule has 2 rings (SSSR count). The summed E-state index contributed by atoms with van der Waals surface area (Å²) in [6.07, 6.45) is 0. The van der Waals surface area contributed by atoms with E-state index in [0.717, 1.165) is 34.0 Å². The Kier molecular flexibility index (Phi) is 6.21. The summed E-state index contributed by atoms with van der Waals surface area (Å²) >= 11 is 5.27. The third-order valence-electron chi connectivity index (χ3n) is 3.01. The summed E-state index contributed by atoms with van der Waals surface area (Å²) in [7, 11) is 0. The number of ether oxygens (including phenoxy) is 1. The SMILES string of the molecule is CCNCc1ccc(OCc2csc(C(C)C)n2)c(Br)c1. The minimum Gasteiger partial charge on any atom is -0.486 e. The van der Waals surface area contributed by atoms with Crippen molar-refractivity contribution in [2.45, 2.75) is 39.8 Å². The smallest absolute Gasteiger partial charge is 0.134 e. The first kappa shape index (κ1) is 16.5. The Hall–Kier alpha value is -0.910. The molecule has 2 aromatic rings. The number of rotatable bonds is 7. The highest BCUT2D eigenvalue weighted by Gasteiger charge is 2.08. The molecule has 0 bridgehead atoms. The first-order chi connectivity index (χ1) is 10.1. The van der Waals surface area contributed by atoms with Crippen molar-refractivity contribution in [3.05, 3.63) is 44.3 Å². The summed E-state index contributed by atoms with van der Waals surface area (Å²) in [5.41, 5.74) is 2.24. The molecule has 1 aromatic heterocycles. The molecule has 0 atom stereocenters. The summed E-state index contributed by atoms with van der Waals surface area (Å²) in [5, 5.41) is 6.55. The van der Waals surface area contributed by atoms with E-state index in [0.29, 0.717) is 12.5 Å². The lowest BCUT2D eigenvalue weighted by molar-refractivity contribution is 0.300. The fraction of sp³-hybridized carbons (Fsp3) is 0.438. The van der Waals surface area contributed by atoms with Crippen molar-refractivity contribution < 1.29 is 4.74 Å². The summed E-state index contributed by atoms with van der Waals surface area (Å²) in [4.78, 5) is 4.58. The number of aromatic nitrogens is 1. The van der Waals surface area contributed by atoms with Gasteiger partial charge in [-0.05, 0) is 40.2 Å². The monoisotopic (exact) mass is 368 g/mol. The molecule has 0 spiro atoms. The van der Waals surface area contributed by atoms with Gasteiger partial charge in [-0.2, -0.15) is 0 Å². The molecule has 5 heteroatoms. The highest BCUT2D eigenvalue weighted by molar-refractivity contribution is 9.10. The molecule has 0 aliphatic heterocycles. The van der Waals surface area contributed by atoms with E-state index in [9.17, 15) is 0 Å². The molecule has 0 fully saturated rings. The highest BCUT2D eigenvalue weighted by atomic mass is 79.9. The van der Waals surface area contributed by atoms with Crippen LogP contribution < -0.4 is 10.1 Å². The lowest BCUT2D eigenvalue weighted by atomic mass is 10.2. The van der Waals surface area contributed by atoms with E-state index in [-0.39, 0.29) is 0 Å². The molecule has 21 heavy (non-hydrogen) atoms. The zero-order valence-corrected chi connectivity index (χ0v) is 15.1. The molecule has 114 valence electrons. The second-order valence-electron chi connectivity index (χ2n) is 5.17. The van der Waals surface area contributed by atoms with Crippen LogP contribution in [-0.4, -0.2) is 11.5 Å². The number of thiazole rings is 1. The average Bonchev–Trinajstić information content (AvgIpc) is 2.93. The maximum Gasteiger partial charge on any atom is 0.134 e. The van der Waals surface area contributed by atoms with Gasteiger partial charge in [0.15, 0.2) is 0 Å². The van der Waals surface area contributed by atoms with Crippen LogP contribution in [0.5, 0.6) is 5.75 Å². The third kappa shape index (κ3) is 4.80. The Morgan fingerprint density at radius 3 is 2.81 bits per heavy atom. The molecule has 0 aliphatic carbocycles. The Morgan fingerprint density at radius 1 is 1.38 bits per heavy atom. The normalized spacial score (nSPS) is 11.1. The maximum atomic E-state index is 5.85. The van der Waals surface area contributed by atoms with Crippen molar-refractivity contribution in [1.29, 1.82) is 0 Å². The molecule has 0 radical (unpaired) electrons. The van der Waals surface area contributed by atoms with Gasteiger partial charge in [0.05, 0.1) is 15.2 Å². The van der Waals surface area contributed by atoms with Crippen LogP contribution in [0.2, 0.25) is 0 Å². The first-order valence-corrected chi connectivity index (χ1v) is 8.83. The predicted octanol–water partition coefficient (Wildman–Crippen LogP) is 4.72. The Bertz CT molecular complexity index is 583. The van der Waals surface area contributed by atoms with Gasteiger partial charge in [0, 0.05) is 17.8 Å². The van der Waals surface area contributed by atoms with Gasteiger partial charge in [-0.15, -0.1) is 11.3 Å². The first-order valence-electron chi connectivity index (χ1n) is 7.16. The van der Waals surface area contributed by atoms with Gasteiger partial charge in [-0.1, -0.05) is 26.8 Å². The molecule has 0 saturated carbocycles. The summed E-state index contributed by atoms with van der Waals surface area (Å²) in [6.45, 7) is 8.77. The Morgan fingerprint density at radius 2 is 2.19 bits per heavy atom. The Balaban J connectivity index is 1.96. The number of hydrogen-bond donors (Lipinski definition) is 1. The minimum absolute atomic E-state index is 0.473. The highest BCUT2D eigenvalue weighted by Crippen LogP contribution is 2.27. The van der Waals surface area contributed by atoms with Crippen LogP contribution in [0.25, 0.3) is 0 Å². The fourth-order valence-electron chi connectivity index (χ4n) is 1.85. The quantitative estimate of drug-likeness (QED) is 0.767. The minimum atomic E-state index is 0.473. The zero-order chi connectivity index (χ0) is 15.2. The molecule has 0 aliphatic rings. The van der Waals surface area contributed by atoms with Crippen molar-refractivity contribution in [3.63, 3.8) is 0 Å². The average molecular weight is 369 g/mol. The molecule has 3 nitrogen and oxygen atoms in total. The van der Waals surface area contributed by atoms with E-state index < -0.39 is 0 Å². The second kappa shape index (κ2) is 7.92. The van der Waals surface area contributed by atoms with E-state index >= 15 is 0 Å². The number of hydrogen-bond acceptors (Lipinski definition) is 4. The van der Waals surface area contributed by atoms with Crippen molar-refractivity contribution in [1.82, 2.24) is 10.3 Å². The van der Waals surface area contributed by atoms with E-state index in [1.165, 1.54) is 5.56 Å². The van der Waals surface area contributed by atoms with Gasteiger partial charge in [-0.25, -0.2) is 4.98 Å². The fourth-order valence-corrected chi connectivity index (χ4v) is 3.21. The number of nitrogens with one attached hydrogen (secondary N) is 1. The van der Waals surface area contributed by atoms with Gasteiger partial charge in [0.2, 0.25) is 0 Å². The van der Waals surface area contributed by atoms with E-state index in [2.05, 4.69) is 64.5 Å². The van der Waals surface area contributed by atoms with Gasteiger partial charge in [0.25, 0.3) is 0 Å². The molecule has 1 N–H and O–H groups in total. The molecule has 1 aromatic carbocycles.